The van der Waals surface area contributed by atoms with Gasteiger partial charge in [0, 0.05) is 24.9 Å². The van der Waals surface area contributed by atoms with Crippen LogP contribution in [0.1, 0.15) is 47.6 Å². The Bertz CT molecular complexity index is 651. The predicted molar refractivity (Wildman–Crippen MR) is 79.7 cm³/mol. The summed E-state index contributed by atoms with van der Waals surface area (Å²) in [6, 6.07) is 5.33. The summed E-state index contributed by atoms with van der Waals surface area (Å²) in [5.74, 6) is 1.25. The highest BCUT2D eigenvalue weighted by Crippen LogP contribution is 2.33. The molecule has 6 nitrogen and oxygen atoms in total. The number of nitrogens with zero attached hydrogens (tertiary/aromatic N) is 3. The van der Waals surface area contributed by atoms with E-state index in [4.69, 9.17) is 9.26 Å². The Morgan fingerprint density at radius 2 is 2.36 bits per heavy atom. The van der Waals surface area contributed by atoms with Gasteiger partial charge in [-0.15, -0.1) is 0 Å². The molecule has 0 saturated carbocycles. The standard InChI is InChI=1S/C16H19N3O3/c1-3-21-15-7-6-12(10-17-15)16(20)19-8-4-5-13(19)14-9-11(2)18-22-14/h6-7,9-10,13H,3-5,8H2,1-2H3/t13-/m1/s1. The fraction of sp³-hybridized carbons (Fsp3) is 0.438. The number of hydrogen-bond donors (Lipinski definition) is 0. The summed E-state index contributed by atoms with van der Waals surface area (Å²) >= 11 is 0. The van der Waals surface area contributed by atoms with Gasteiger partial charge in [-0.1, -0.05) is 5.16 Å². The lowest BCUT2D eigenvalue weighted by molar-refractivity contribution is 0.0714. The third-order valence-electron chi connectivity index (χ3n) is 3.76. The Kier molecular flexibility index (Phi) is 4.09. The van der Waals surface area contributed by atoms with E-state index in [0.717, 1.165) is 30.8 Å². The number of amides is 1. The zero-order valence-electron chi connectivity index (χ0n) is 12.8. The molecule has 116 valence electrons. The van der Waals surface area contributed by atoms with Crippen LogP contribution in [-0.4, -0.2) is 34.1 Å². The van der Waals surface area contributed by atoms with Gasteiger partial charge >= 0.3 is 0 Å². The molecule has 0 spiro atoms. The quantitative estimate of drug-likeness (QED) is 0.868. The van der Waals surface area contributed by atoms with Crippen LogP contribution in [0.15, 0.2) is 28.9 Å². The van der Waals surface area contributed by atoms with Gasteiger partial charge in [0.2, 0.25) is 5.88 Å². The van der Waals surface area contributed by atoms with Crippen molar-refractivity contribution in [1.29, 1.82) is 0 Å². The number of carbonyl (C=O) groups is 1. The summed E-state index contributed by atoms with van der Waals surface area (Å²) in [6.07, 6.45) is 3.42. The van der Waals surface area contributed by atoms with Crippen molar-refractivity contribution in [1.82, 2.24) is 15.0 Å². The van der Waals surface area contributed by atoms with Crippen molar-refractivity contribution in [2.75, 3.05) is 13.2 Å². The topological polar surface area (TPSA) is 68.5 Å². The fourth-order valence-corrected chi connectivity index (χ4v) is 2.75. The summed E-state index contributed by atoms with van der Waals surface area (Å²) in [5, 5.41) is 3.92. The molecule has 1 atom stereocenters. The zero-order chi connectivity index (χ0) is 15.5. The highest BCUT2D eigenvalue weighted by atomic mass is 16.5. The molecule has 0 bridgehead atoms. The Morgan fingerprint density at radius 1 is 1.50 bits per heavy atom. The second-order valence-corrected chi connectivity index (χ2v) is 5.35. The molecule has 1 saturated heterocycles. The Hall–Kier alpha value is -2.37. The maximum absolute atomic E-state index is 12.7. The number of ether oxygens (including phenoxy) is 1. The molecule has 1 amide bonds. The van der Waals surface area contributed by atoms with Crippen molar-refractivity contribution in [3.63, 3.8) is 0 Å². The summed E-state index contributed by atoms with van der Waals surface area (Å²) in [4.78, 5) is 18.7. The first-order chi connectivity index (χ1) is 10.7. The van der Waals surface area contributed by atoms with Gasteiger partial charge < -0.3 is 14.2 Å². The van der Waals surface area contributed by atoms with E-state index >= 15 is 0 Å². The number of aryl methyl sites for hydroxylation is 1. The van der Waals surface area contributed by atoms with Gasteiger partial charge in [-0.3, -0.25) is 4.79 Å². The average molecular weight is 301 g/mol. The van der Waals surface area contributed by atoms with E-state index in [1.165, 1.54) is 0 Å². The van der Waals surface area contributed by atoms with Crippen molar-refractivity contribution in [3.05, 3.63) is 41.4 Å². The van der Waals surface area contributed by atoms with Crippen molar-refractivity contribution in [2.24, 2.45) is 0 Å². The van der Waals surface area contributed by atoms with Crippen molar-refractivity contribution >= 4 is 5.91 Å². The molecule has 2 aromatic heterocycles. The lowest BCUT2D eigenvalue weighted by Gasteiger charge is -2.22. The van der Waals surface area contributed by atoms with Gasteiger partial charge in [0.05, 0.1) is 23.9 Å². The Labute approximate surface area is 129 Å². The minimum Gasteiger partial charge on any atom is -0.478 e. The Morgan fingerprint density at radius 3 is 3.00 bits per heavy atom. The number of rotatable bonds is 4. The van der Waals surface area contributed by atoms with Crippen LogP contribution >= 0.6 is 0 Å². The zero-order valence-corrected chi connectivity index (χ0v) is 12.8. The molecule has 1 aliphatic rings. The molecule has 6 heteroatoms. The second-order valence-electron chi connectivity index (χ2n) is 5.35. The molecule has 0 aliphatic carbocycles. The molecule has 2 aromatic rings. The molecule has 3 heterocycles. The summed E-state index contributed by atoms with van der Waals surface area (Å²) in [6.45, 7) is 5.05. The number of carbonyl (C=O) groups excluding carboxylic acids is 1. The van der Waals surface area contributed by atoms with Gasteiger partial charge in [-0.05, 0) is 32.8 Å². The summed E-state index contributed by atoms with van der Waals surface area (Å²) < 4.78 is 10.6. The van der Waals surface area contributed by atoms with Crippen LogP contribution < -0.4 is 4.74 Å². The normalized spacial score (nSPS) is 17.7. The SMILES string of the molecule is CCOc1ccc(C(=O)N2CCC[C@@H]2c2cc(C)no2)cn1. The second kappa shape index (κ2) is 6.17. The first-order valence-electron chi connectivity index (χ1n) is 7.52. The molecule has 1 aliphatic heterocycles. The lowest BCUT2D eigenvalue weighted by Crippen LogP contribution is -2.30. The first kappa shape index (κ1) is 14.6. The largest absolute Gasteiger partial charge is 0.478 e. The molecule has 0 unspecified atom stereocenters. The van der Waals surface area contributed by atoms with Gasteiger partial charge in [-0.25, -0.2) is 4.98 Å². The van der Waals surface area contributed by atoms with E-state index in [9.17, 15) is 4.79 Å². The lowest BCUT2D eigenvalue weighted by atomic mass is 10.1. The third-order valence-corrected chi connectivity index (χ3v) is 3.76. The van der Waals surface area contributed by atoms with Crippen LogP contribution in [0.2, 0.25) is 0 Å². The Balaban J connectivity index is 1.78. The van der Waals surface area contributed by atoms with Crippen LogP contribution in [0.3, 0.4) is 0 Å². The first-order valence-corrected chi connectivity index (χ1v) is 7.52. The minimum atomic E-state index is -0.0414. The van der Waals surface area contributed by atoms with Crippen LogP contribution in [0.25, 0.3) is 0 Å². The number of likely N-dealkylation sites (tertiary alicyclic amines) is 1. The van der Waals surface area contributed by atoms with E-state index in [1.807, 2.05) is 24.8 Å². The molecular formula is C16H19N3O3. The van der Waals surface area contributed by atoms with Gasteiger partial charge in [0.25, 0.3) is 5.91 Å². The average Bonchev–Trinajstić information content (AvgIpc) is 3.16. The van der Waals surface area contributed by atoms with Crippen molar-refractivity contribution < 1.29 is 14.1 Å². The summed E-state index contributed by atoms with van der Waals surface area (Å²) in [5.41, 5.74) is 1.39. The van der Waals surface area contributed by atoms with Crippen LogP contribution in [0.4, 0.5) is 0 Å². The highest BCUT2D eigenvalue weighted by Gasteiger charge is 2.33. The minimum absolute atomic E-state index is 0.0351. The van der Waals surface area contributed by atoms with E-state index in [2.05, 4.69) is 10.1 Å². The molecule has 22 heavy (non-hydrogen) atoms. The number of aromatic nitrogens is 2. The van der Waals surface area contributed by atoms with E-state index in [-0.39, 0.29) is 11.9 Å². The van der Waals surface area contributed by atoms with Crippen LogP contribution in [-0.2, 0) is 0 Å². The molecular weight excluding hydrogens is 282 g/mol. The maximum atomic E-state index is 12.7. The summed E-state index contributed by atoms with van der Waals surface area (Å²) in [7, 11) is 0. The smallest absolute Gasteiger partial charge is 0.256 e. The molecule has 0 N–H and O–H groups in total. The third kappa shape index (κ3) is 2.81. The van der Waals surface area contributed by atoms with Crippen molar-refractivity contribution in [3.8, 4) is 5.88 Å². The number of pyridine rings is 1. The number of hydrogen-bond acceptors (Lipinski definition) is 5. The molecule has 0 aromatic carbocycles. The van der Waals surface area contributed by atoms with Gasteiger partial charge in [0.1, 0.15) is 0 Å². The van der Waals surface area contributed by atoms with E-state index in [0.29, 0.717) is 18.1 Å². The van der Waals surface area contributed by atoms with Crippen LogP contribution in [0.5, 0.6) is 5.88 Å². The molecule has 3 rings (SSSR count). The molecule has 1 fully saturated rings. The van der Waals surface area contributed by atoms with E-state index in [1.54, 1.807) is 18.3 Å². The van der Waals surface area contributed by atoms with Crippen LogP contribution in [0, 0.1) is 6.92 Å². The molecule has 0 radical (unpaired) electrons. The maximum Gasteiger partial charge on any atom is 0.256 e. The predicted octanol–water partition coefficient (Wildman–Crippen LogP) is 2.75. The fourth-order valence-electron chi connectivity index (χ4n) is 2.75. The van der Waals surface area contributed by atoms with Gasteiger partial charge in [0.15, 0.2) is 5.76 Å². The van der Waals surface area contributed by atoms with Crippen molar-refractivity contribution in [2.45, 2.75) is 32.7 Å². The van der Waals surface area contributed by atoms with E-state index < -0.39 is 0 Å². The highest BCUT2D eigenvalue weighted by molar-refractivity contribution is 5.94. The monoisotopic (exact) mass is 301 g/mol. The van der Waals surface area contributed by atoms with Gasteiger partial charge in [-0.2, -0.15) is 0 Å².